The summed E-state index contributed by atoms with van der Waals surface area (Å²) in [5.74, 6) is 0. The second-order valence-corrected chi connectivity index (χ2v) is 2.09. The molecule has 1 unspecified atom stereocenters. The standard InChI is InChI=1S/C5H9N3O/c1-8-2-4(6)5(3-9)7-8/h3-4H,2,6H2,1H3. The van der Waals surface area contributed by atoms with Crippen LogP contribution < -0.4 is 5.73 Å². The van der Waals surface area contributed by atoms with E-state index in [4.69, 9.17) is 5.73 Å². The molecule has 1 rings (SSSR count). The molecule has 0 spiro atoms. The van der Waals surface area contributed by atoms with E-state index in [-0.39, 0.29) is 6.04 Å². The first-order chi connectivity index (χ1) is 4.24. The highest BCUT2D eigenvalue weighted by atomic mass is 16.1. The maximum Gasteiger partial charge on any atom is 0.167 e. The van der Waals surface area contributed by atoms with Gasteiger partial charge in [-0.2, -0.15) is 5.10 Å². The van der Waals surface area contributed by atoms with Crippen LogP contribution in [-0.4, -0.2) is 36.6 Å². The first-order valence-corrected chi connectivity index (χ1v) is 2.74. The van der Waals surface area contributed by atoms with Crippen LogP contribution in [0.15, 0.2) is 5.10 Å². The van der Waals surface area contributed by atoms with Gasteiger partial charge in [0.25, 0.3) is 0 Å². The summed E-state index contributed by atoms with van der Waals surface area (Å²) in [4.78, 5) is 10.1. The van der Waals surface area contributed by atoms with Gasteiger partial charge in [-0.05, 0) is 0 Å². The van der Waals surface area contributed by atoms with E-state index in [1.165, 1.54) is 0 Å². The van der Waals surface area contributed by atoms with E-state index in [0.29, 0.717) is 18.5 Å². The molecule has 1 heterocycles. The van der Waals surface area contributed by atoms with E-state index in [1.54, 1.807) is 12.1 Å². The molecule has 1 atom stereocenters. The summed E-state index contributed by atoms with van der Waals surface area (Å²) in [6.07, 6.45) is 0.703. The molecular weight excluding hydrogens is 118 g/mol. The number of carbonyl (C=O) groups excluding carboxylic acids is 1. The van der Waals surface area contributed by atoms with Crippen molar-refractivity contribution in [2.75, 3.05) is 13.6 Å². The molecule has 4 nitrogen and oxygen atoms in total. The number of nitrogens with zero attached hydrogens (tertiary/aromatic N) is 2. The number of likely N-dealkylation sites (N-methyl/N-ethyl adjacent to an activating group) is 1. The molecule has 0 radical (unpaired) electrons. The number of hydrazone groups is 1. The average Bonchev–Trinajstić information content (AvgIpc) is 2.10. The molecule has 0 aromatic rings. The van der Waals surface area contributed by atoms with Gasteiger partial charge in [0.15, 0.2) is 6.29 Å². The summed E-state index contributed by atoms with van der Waals surface area (Å²) in [6, 6.07) is -0.188. The Labute approximate surface area is 53.3 Å². The summed E-state index contributed by atoms with van der Waals surface area (Å²) in [5, 5.41) is 5.51. The van der Waals surface area contributed by atoms with E-state index >= 15 is 0 Å². The molecule has 0 aromatic carbocycles. The fourth-order valence-electron chi connectivity index (χ4n) is 0.801. The van der Waals surface area contributed by atoms with Crippen LogP contribution in [0.1, 0.15) is 0 Å². The van der Waals surface area contributed by atoms with Crippen LogP contribution in [0, 0.1) is 0 Å². The van der Waals surface area contributed by atoms with Crippen molar-refractivity contribution in [3.05, 3.63) is 0 Å². The van der Waals surface area contributed by atoms with Crippen LogP contribution in [0.2, 0.25) is 0 Å². The van der Waals surface area contributed by atoms with E-state index < -0.39 is 0 Å². The lowest BCUT2D eigenvalue weighted by atomic mass is 10.2. The van der Waals surface area contributed by atoms with E-state index in [1.807, 2.05) is 0 Å². The van der Waals surface area contributed by atoms with Crippen molar-refractivity contribution in [2.45, 2.75) is 6.04 Å². The van der Waals surface area contributed by atoms with Crippen molar-refractivity contribution in [3.63, 3.8) is 0 Å². The lowest BCUT2D eigenvalue weighted by Gasteiger charge is -2.03. The molecule has 1 aliphatic rings. The Morgan fingerprint density at radius 2 is 2.67 bits per heavy atom. The fraction of sp³-hybridized carbons (Fsp3) is 0.600. The molecule has 50 valence electrons. The maximum atomic E-state index is 10.1. The predicted molar refractivity (Wildman–Crippen MR) is 34.1 cm³/mol. The van der Waals surface area contributed by atoms with Gasteiger partial charge in [-0.15, -0.1) is 0 Å². The number of hydrogen-bond acceptors (Lipinski definition) is 4. The summed E-state index contributed by atoms with van der Waals surface area (Å²) < 4.78 is 0. The molecule has 0 fully saturated rings. The van der Waals surface area contributed by atoms with Gasteiger partial charge in [-0.25, -0.2) is 0 Å². The van der Waals surface area contributed by atoms with Crippen LogP contribution in [0.5, 0.6) is 0 Å². The summed E-state index contributed by atoms with van der Waals surface area (Å²) in [5.41, 5.74) is 5.92. The third-order valence-corrected chi connectivity index (χ3v) is 1.25. The topological polar surface area (TPSA) is 58.7 Å². The smallest absolute Gasteiger partial charge is 0.167 e. The van der Waals surface area contributed by atoms with Crippen molar-refractivity contribution >= 4 is 12.0 Å². The van der Waals surface area contributed by atoms with Crippen LogP contribution in [0.25, 0.3) is 0 Å². The van der Waals surface area contributed by atoms with Crippen molar-refractivity contribution in [2.24, 2.45) is 10.8 Å². The SMILES string of the molecule is CN1CC(N)C(C=O)=N1. The third-order valence-electron chi connectivity index (χ3n) is 1.25. The summed E-state index contributed by atoms with van der Waals surface area (Å²) in [6.45, 7) is 0.647. The van der Waals surface area contributed by atoms with E-state index in [2.05, 4.69) is 5.10 Å². The Kier molecular flexibility index (Phi) is 1.48. The Bertz CT molecular complexity index is 154. The van der Waals surface area contributed by atoms with Gasteiger partial charge in [-0.3, -0.25) is 9.80 Å². The summed E-state index contributed by atoms with van der Waals surface area (Å²) in [7, 11) is 1.79. The first-order valence-electron chi connectivity index (χ1n) is 2.74. The van der Waals surface area contributed by atoms with Gasteiger partial charge in [0, 0.05) is 7.05 Å². The van der Waals surface area contributed by atoms with Crippen molar-refractivity contribution < 1.29 is 4.79 Å². The van der Waals surface area contributed by atoms with Crippen molar-refractivity contribution in [1.29, 1.82) is 0 Å². The quantitative estimate of drug-likeness (QED) is 0.451. The zero-order valence-corrected chi connectivity index (χ0v) is 5.24. The van der Waals surface area contributed by atoms with E-state index in [9.17, 15) is 4.79 Å². The second kappa shape index (κ2) is 2.14. The highest BCUT2D eigenvalue weighted by Gasteiger charge is 2.19. The van der Waals surface area contributed by atoms with Crippen LogP contribution >= 0.6 is 0 Å². The van der Waals surface area contributed by atoms with Gasteiger partial charge in [0.05, 0.1) is 12.6 Å². The monoisotopic (exact) mass is 127 g/mol. The highest BCUT2D eigenvalue weighted by Crippen LogP contribution is 1.98. The lowest BCUT2D eigenvalue weighted by Crippen LogP contribution is -2.32. The van der Waals surface area contributed by atoms with Crippen LogP contribution in [0.3, 0.4) is 0 Å². The van der Waals surface area contributed by atoms with Gasteiger partial charge in [-0.1, -0.05) is 0 Å². The predicted octanol–water partition coefficient (Wildman–Crippen LogP) is -1.19. The molecule has 9 heavy (non-hydrogen) atoms. The Balaban J connectivity index is 2.68. The minimum atomic E-state index is -0.188. The van der Waals surface area contributed by atoms with Gasteiger partial charge in [0.2, 0.25) is 0 Å². The number of nitrogens with two attached hydrogens (primary N) is 1. The highest BCUT2D eigenvalue weighted by molar-refractivity contribution is 6.31. The molecule has 1 aliphatic heterocycles. The summed E-state index contributed by atoms with van der Waals surface area (Å²) >= 11 is 0. The Morgan fingerprint density at radius 1 is 2.00 bits per heavy atom. The molecule has 4 heteroatoms. The second-order valence-electron chi connectivity index (χ2n) is 2.09. The van der Waals surface area contributed by atoms with Gasteiger partial charge >= 0.3 is 0 Å². The van der Waals surface area contributed by atoms with Gasteiger partial charge < -0.3 is 5.73 Å². The Morgan fingerprint density at radius 3 is 2.89 bits per heavy atom. The molecule has 0 aromatic heterocycles. The molecule has 2 N–H and O–H groups in total. The molecule has 0 saturated carbocycles. The minimum Gasteiger partial charge on any atom is -0.321 e. The van der Waals surface area contributed by atoms with Crippen molar-refractivity contribution in [1.82, 2.24) is 5.01 Å². The lowest BCUT2D eigenvalue weighted by molar-refractivity contribution is -0.102. The normalized spacial score (nSPS) is 26.2. The Hall–Kier alpha value is -0.900. The van der Waals surface area contributed by atoms with Crippen molar-refractivity contribution in [3.8, 4) is 0 Å². The fourth-order valence-corrected chi connectivity index (χ4v) is 0.801. The maximum absolute atomic E-state index is 10.1. The minimum absolute atomic E-state index is 0.188. The number of rotatable bonds is 1. The van der Waals surface area contributed by atoms with Crippen LogP contribution in [0.4, 0.5) is 0 Å². The number of carbonyl (C=O) groups is 1. The third kappa shape index (κ3) is 1.08. The van der Waals surface area contributed by atoms with Crippen LogP contribution in [-0.2, 0) is 4.79 Å². The first kappa shape index (κ1) is 6.22. The molecule has 0 aliphatic carbocycles. The molecule has 0 saturated heterocycles. The zero-order valence-electron chi connectivity index (χ0n) is 5.24. The van der Waals surface area contributed by atoms with E-state index in [0.717, 1.165) is 0 Å². The molecular formula is C5H9N3O. The number of hydrogen-bond donors (Lipinski definition) is 1. The molecule has 0 amide bonds. The zero-order chi connectivity index (χ0) is 6.85. The van der Waals surface area contributed by atoms with Gasteiger partial charge in [0.1, 0.15) is 5.71 Å². The molecule has 0 bridgehead atoms. The average molecular weight is 127 g/mol. The largest absolute Gasteiger partial charge is 0.321 e. The number of aldehydes is 1.